The number of hydrogen-bond donors (Lipinski definition) is 2. The molecule has 10 atom stereocenters. The van der Waals surface area contributed by atoms with Crippen LogP contribution in [0.3, 0.4) is 0 Å². The van der Waals surface area contributed by atoms with Crippen LogP contribution in [0.1, 0.15) is 17.3 Å². The molecule has 3 heterocycles. The lowest BCUT2D eigenvalue weighted by Gasteiger charge is -2.46. The third-order valence-electron chi connectivity index (χ3n) is 6.26. The molecule has 32 heavy (non-hydrogen) atoms. The molecule has 0 aliphatic carbocycles. The standard InChI is InChI=1S/C22H30O10/c1-11-16(26-2)17(14-10-28-21(11)30-14)32-22-19(18(27-3)15(24)13(9-23)29-22)31-20(25)12-7-5-4-6-8-12/h4-8,11,13-19,21-24H,9-10H2,1-3H3/t11?,13?,14-,15-,16?,17+,18+,19?,21+,22-/m0/s1. The monoisotopic (exact) mass is 454 g/mol. The van der Waals surface area contributed by atoms with E-state index in [2.05, 4.69) is 0 Å². The van der Waals surface area contributed by atoms with Crippen molar-refractivity contribution in [1.29, 1.82) is 0 Å². The maximum Gasteiger partial charge on any atom is 0.338 e. The van der Waals surface area contributed by atoms with E-state index in [4.69, 9.17) is 33.2 Å². The van der Waals surface area contributed by atoms with Crippen LogP contribution in [0.4, 0.5) is 0 Å². The van der Waals surface area contributed by atoms with Gasteiger partial charge < -0.3 is 43.4 Å². The van der Waals surface area contributed by atoms with Crippen molar-refractivity contribution in [2.45, 2.75) is 62.2 Å². The van der Waals surface area contributed by atoms with Crippen LogP contribution in [0.15, 0.2) is 30.3 Å². The highest BCUT2D eigenvalue weighted by Gasteiger charge is 2.54. The second-order valence-electron chi connectivity index (χ2n) is 8.19. The summed E-state index contributed by atoms with van der Waals surface area (Å²) in [6.07, 6.45) is -7.24. The number of aliphatic hydroxyl groups excluding tert-OH is 2. The Morgan fingerprint density at radius 1 is 1.06 bits per heavy atom. The highest BCUT2D eigenvalue weighted by atomic mass is 16.8. The molecule has 3 saturated heterocycles. The third-order valence-corrected chi connectivity index (χ3v) is 6.26. The van der Waals surface area contributed by atoms with Crippen LogP contribution >= 0.6 is 0 Å². The van der Waals surface area contributed by atoms with Gasteiger partial charge in [0.1, 0.15) is 30.5 Å². The molecule has 4 unspecified atom stereocenters. The number of carbonyl (C=O) groups excluding carboxylic acids is 1. The van der Waals surface area contributed by atoms with E-state index < -0.39 is 55.5 Å². The maximum atomic E-state index is 12.8. The van der Waals surface area contributed by atoms with Gasteiger partial charge in [-0.1, -0.05) is 25.1 Å². The zero-order chi connectivity index (χ0) is 22.8. The number of benzene rings is 1. The summed E-state index contributed by atoms with van der Waals surface area (Å²) in [6.45, 7) is 1.78. The van der Waals surface area contributed by atoms with Crippen LogP contribution in [0.25, 0.3) is 0 Å². The summed E-state index contributed by atoms with van der Waals surface area (Å²) in [7, 11) is 2.96. The van der Waals surface area contributed by atoms with Gasteiger partial charge in [0, 0.05) is 20.1 Å². The van der Waals surface area contributed by atoms with Gasteiger partial charge in [-0.15, -0.1) is 0 Å². The van der Waals surface area contributed by atoms with E-state index in [-0.39, 0.29) is 18.3 Å². The quantitative estimate of drug-likeness (QED) is 0.549. The lowest BCUT2D eigenvalue weighted by molar-refractivity contribution is -0.336. The molecule has 10 heteroatoms. The lowest BCUT2D eigenvalue weighted by atomic mass is 9.93. The van der Waals surface area contributed by atoms with Crippen LogP contribution < -0.4 is 0 Å². The number of hydrogen-bond acceptors (Lipinski definition) is 10. The molecular formula is C22H30O10. The zero-order valence-electron chi connectivity index (χ0n) is 18.2. The molecule has 3 fully saturated rings. The molecule has 2 bridgehead atoms. The second kappa shape index (κ2) is 10.1. The van der Waals surface area contributed by atoms with Gasteiger partial charge in [0.2, 0.25) is 0 Å². The number of esters is 1. The van der Waals surface area contributed by atoms with Crippen molar-refractivity contribution in [3.63, 3.8) is 0 Å². The maximum absolute atomic E-state index is 12.8. The summed E-state index contributed by atoms with van der Waals surface area (Å²) >= 11 is 0. The second-order valence-corrected chi connectivity index (χ2v) is 8.19. The van der Waals surface area contributed by atoms with Crippen molar-refractivity contribution < 1.29 is 48.2 Å². The van der Waals surface area contributed by atoms with E-state index in [1.165, 1.54) is 7.11 Å². The summed E-state index contributed by atoms with van der Waals surface area (Å²) < 4.78 is 40.5. The molecule has 0 radical (unpaired) electrons. The summed E-state index contributed by atoms with van der Waals surface area (Å²) in [5.41, 5.74) is 0.330. The van der Waals surface area contributed by atoms with E-state index in [1.54, 1.807) is 37.4 Å². The normalized spacial score (nSPS) is 41.4. The first-order chi connectivity index (χ1) is 15.5. The van der Waals surface area contributed by atoms with Crippen LogP contribution in [0.5, 0.6) is 0 Å². The molecule has 1 aromatic carbocycles. The third kappa shape index (κ3) is 4.42. The minimum absolute atomic E-state index is 0.116. The van der Waals surface area contributed by atoms with Gasteiger partial charge in [-0.3, -0.25) is 0 Å². The molecule has 0 aromatic heterocycles. The number of fused-ring (bicyclic) bond motifs is 2. The van der Waals surface area contributed by atoms with Crippen molar-refractivity contribution in [1.82, 2.24) is 0 Å². The number of carbonyl (C=O) groups is 1. The Morgan fingerprint density at radius 3 is 2.44 bits per heavy atom. The van der Waals surface area contributed by atoms with E-state index >= 15 is 0 Å². The SMILES string of the molecule is COC1C(C)[C@@H]2OC[C@H](O2)[C@H]1O[C@@H]1OC(CO)[C@H](O)[C@@H](OC)C1OC(=O)c1ccccc1. The summed E-state index contributed by atoms with van der Waals surface area (Å²) in [4.78, 5) is 12.8. The molecule has 2 N–H and O–H groups in total. The Kier molecular flexibility index (Phi) is 7.43. The first-order valence-electron chi connectivity index (χ1n) is 10.7. The Labute approximate surface area is 186 Å². The molecule has 1 aromatic rings. The number of rotatable bonds is 7. The average molecular weight is 454 g/mol. The van der Waals surface area contributed by atoms with Gasteiger partial charge >= 0.3 is 5.97 Å². The van der Waals surface area contributed by atoms with Crippen molar-refractivity contribution >= 4 is 5.97 Å². The smallest absolute Gasteiger partial charge is 0.338 e. The van der Waals surface area contributed by atoms with Gasteiger partial charge in [0.15, 0.2) is 18.7 Å². The summed E-state index contributed by atoms with van der Waals surface area (Å²) in [5, 5.41) is 20.3. The van der Waals surface area contributed by atoms with E-state index in [9.17, 15) is 15.0 Å². The first kappa shape index (κ1) is 23.5. The Bertz CT molecular complexity index is 760. The highest BCUT2D eigenvalue weighted by Crippen LogP contribution is 2.37. The fraction of sp³-hybridized carbons (Fsp3) is 0.682. The van der Waals surface area contributed by atoms with Gasteiger partial charge in [-0.2, -0.15) is 0 Å². The number of ether oxygens (including phenoxy) is 7. The fourth-order valence-corrected chi connectivity index (χ4v) is 4.54. The van der Waals surface area contributed by atoms with Crippen molar-refractivity contribution in [3.05, 3.63) is 35.9 Å². The van der Waals surface area contributed by atoms with E-state index in [0.29, 0.717) is 12.2 Å². The molecular weight excluding hydrogens is 424 g/mol. The predicted molar refractivity (Wildman–Crippen MR) is 108 cm³/mol. The predicted octanol–water partition coefficient (Wildman–Crippen LogP) is 0.0965. The Balaban J connectivity index is 1.59. The van der Waals surface area contributed by atoms with E-state index in [0.717, 1.165) is 0 Å². The first-order valence-corrected chi connectivity index (χ1v) is 10.7. The largest absolute Gasteiger partial charge is 0.450 e. The van der Waals surface area contributed by atoms with Crippen molar-refractivity contribution in [2.75, 3.05) is 27.4 Å². The van der Waals surface area contributed by atoms with Gasteiger partial charge in [-0.25, -0.2) is 4.79 Å². The Morgan fingerprint density at radius 2 is 1.78 bits per heavy atom. The van der Waals surface area contributed by atoms with Crippen molar-refractivity contribution in [3.8, 4) is 0 Å². The molecule has 3 aliphatic rings. The number of aliphatic hydroxyl groups is 2. The highest BCUT2D eigenvalue weighted by molar-refractivity contribution is 5.89. The molecule has 178 valence electrons. The summed E-state index contributed by atoms with van der Waals surface area (Å²) in [5.74, 6) is -0.736. The van der Waals surface area contributed by atoms with Crippen LogP contribution in [0, 0.1) is 5.92 Å². The molecule has 0 spiro atoms. The minimum atomic E-state index is -1.24. The van der Waals surface area contributed by atoms with Crippen molar-refractivity contribution in [2.24, 2.45) is 5.92 Å². The average Bonchev–Trinajstić information content (AvgIpc) is 3.26. The van der Waals surface area contributed by atoms with Gasteiger partial charge in [-0.05, 0) is 12.1 Å². The Hall–Kier alpha value is -1.63. The molecule has 0 saturated carbocycles. The molecule has 0 amide bonds. The van der Waals surface area contributed by atoms with Crippen LogP contribution in [0.2, 0.25) is 0 Å². The topological polar surface area (TPSA) is 122 Å². The number of methoxy groups -OCH3 is 2. The molecule has 10 nitrogen and oxygen atoms in total. The fourth-order valence-electron chi connectivity index (χ4n) is 4.54. The van der Waals surface area contributed by atoms with Crippen LogP contribution in [-0.4, -0.2) is 98.9 Å². The summed E-state index contributed by atoms with van der Waals surface area (Å²) in [6, 6.07) is 8.44. The zero-order valence-corrected chi connectivity index (χ0v) is 18.2. The van der Waals surface area contributed by atoms with Crippen LogP contribution in [-0.2, 0) is 33.2 Å². The lowest BCUT2D eigenvalue weighted by Crippen LogP contribution is -2.63. The van der Waals surface area contributed by atoms with Gasteiger partial charge in [0.25, 0.3) is 0 Å². The molecule has 4 rings (SSSR count). The van der Waals surface area contributed by atoms with Gasteiger partial charge in [0.05, 0.1) is 24.9 Å². The molecule has 3 aliphatic heterocycles. The minimum Gasteiger partial charge on any atom is -0.450 e. The van der Waals surface area contributed by atoms with E-state index in [1.807, 2.05) is 6.92 Å².